The van der Waals surface area contributed by atoms with E-state index in [4.69, 9.17) is 9.84 Å². The monoisotopic (exact) mass is 249 g/mol. The maximum Gasteiger partial charge on any atom is 0.141 e. The van der Waals surface area contributed by atoms with Crippen LogP contribution in [-0.2, 0) is 0 Å². The van der Waals surface area contributed by atoms with Crippen molar-refractivity contribution in [3.8, 4) is 5.75 Å². The van der Waals surface area contributed by atoms with Crippen molar-refractivity contribution in [3.63, 3.8) is 0 Å². The first-order valence-electron chi connectivity index (χ1n) is 6.43. The molecule has 0 amide bonds. The van der Waals surface area contributed by atoms with Crippen LogP contribution < -0.4 is 10.1 Å². The SMILES string of the molecule is C=CCC(CCCCO)Nc1ccccc1OC. The third kappa shape index (κ3) is 4.80. The smallest absolute Gasteiger partial charge is 0.141 e. The first kappa shape index (κ1) is 14.6. The Morgan fingerprint density at radius 1 is 1.39 bits per heavy atom. The van der Waals surface area contributed by atoms with Crippen LogP contribution in [0.15, 0.2) is 36.9 Å². The van der Waals surface area contributed by atoms with Gasteiger partial charge in [-0.15, -0.1) is 6.58 Å². The topological polar surface area (TPSA) is 41.5 Å². The van der Waals surface area contributed by atoms with Crippen LogP contribution in [0.25, 0.3) is 0 Å². The molecule has 1 atom stereocenters. The normalized spacial score (nSPS) is 11.9. The molecule has 0 aromatic heterocycles. The zero-order valence-electron chi connectivity index (χ0n) is 11.1. The molecule has 1 aromatic rings. The number of anilines is 1. The van der Waals surface area contributed by atoms with Crippen molar-refractivity contribution >= 4 is 5.69 Å². The molecule has 0 fully saturated rings. The Labute approximate surface area is 109 Å². The van der Waals surface area contributed by atoms with Crippen molar-refractivity contribution in [1.82, 2.24) is 0 Å². The minimum atomic E-state index is 0.259. The van der Waals surface area contributed by atoms with Gasteiger partial charge < -0.3 is 15.2 Å². The lowest BCUT2D eigenvalue weighted by molar-refractivity contribution is 0.282. The maximum absolute atomic E-state index is 8.82. The van der Waals surface area contributed by atoms with Gasteiger partial charge in [0.15, 0.2) is 0 Å². The minimum absolute atomic E-state index is 0.259. The highest BCUT2D eigenvalue weighted by Gasteiger charge is 2.09. The molecular formula is C15H23NO2. The third-order valence-corrected chi connectivity index (χ3v) is 2.88. The molecule has 0 bridgehead atoms. The van der Waals surface area contributed by atoms with E-state index >= 15 is 0 Å². The van der Waals surface area contributed by atoms with Gasteiger partial charge in [0, 0.05) is 12.6 Å². The number of para-hydroxylation sites is 2. The van der Waals surface area contributed by atoms with E-state index in [2.05, 4.69) is 11.9 Å². The average Bonchev–Trinajstić information content (AvgIpc) is 2.40. The molecule has 0 radical (unpaired) electrons. The largest absolute Gasteiger partial charge is 0.495 e. The first-order chi connectivity index (χ1) is 8.81. The summed E-state index contributed by atoms with van der Waals surface area (Å²) in [6, 6.07) is 8.24. The highest BCUT2D eigenvalue weighted by atomic mass is 16.5. The summed E-state index contributed by atoms with van der Waals surface area (Å²) in [5.41, 5.74) is 1.01. The van der Waals surface area contributed by atoms with Gasteiger partial charge in [-0.1, -0.05) is 18.2 Å². The Morgan fingerprint density at radius 2 is 2.17 bits per heavy atom. The van der Waals surface area contributed by atoms with Crippen LogP contribution in [0, 0.1) is 0 Å². The Morgan fingerprint density at radius 3 is 2.83 bits per heavy atom. The summed E-state index contributed by atoms with van der Waals surface area (Å²) >= 11 is 0. The average molecular weight is 249 g/mol. The Bertz CT molecular complexity index is 352. The van der Waals surface area contributed by atoms with Crippen LogP contribution in [0.5, 0.6) is 5.75 Å². The van der Waals surface area contributed by atoms with Gasteiger partial charge in [-0.3, -0.25) is 0 Å². The number of hydrogen-bond acceptors (Lipinski definition) is 3. The molecule has 3 heteroatoms. The summed E-state index contributed by atoms with van der Waals surface area (Å²) in [6.07, 6.45) is 5.71. The summed E-state index contributed by atoms with van der Waals surface area (Å²) in [6.45, 7) is 4.05. The minimum Gasteiger partial charge on any atom is -0.495 e. The lowest BCUT2D eigenvalue weighted by Gasteiger charge is -2.20. The molecule has 1 unspecified atom stereocenters. The molecule has 2 N–H and O–H groups in total. The van der Waals surface area contributed by atoms with Gasteiger partial charge in [-0.25, -0.2) is 0 Å². The number of aliphatic hydroxyl groups is 1. The third-order valence-electron chi connectivity index (χ3n) is 2.88. The standard InChI is InChI=1S/C15H23NO2/c1-3-8-13(9-6-7-12-17)16-14-10-4-5-11-15(14)18-2/h3-5,10-11,13,16-17H,1,6-9,12H2,2H3. The molecule has 1 rings (SSSR count). The predicted molar refractivity (Wildman–Crippen MR) is 76.2 cm³/mol. The summed E-state index contributed by atoms with van der Waals surface area (Å²) in [5.74, 6) is 0.855. The van der Waals surface area contributed by atoms with Gasteiger partial charge >= 0.3 is 0 Å². The molecule has 18 heavy (non-hydrogen) atoms. The van der Waals surface area contributed by atoms with E-state index in [9.17, 15) is 0 Å². The molecule has 0 heterocycles. The first-order valence-corrected chi connectivity index (χ1v) is 6.43. The molecule has 0 aliphatic heterocycles. The number of methoxy groups -OCH3 is 1. The van der Waals surface area contributed by atoms with E-state index in [1.165, 1.54) is 0 Å². The van der Waals surface area contributed by atoms with Crippen molar-refractivity contribution < 1.29 is 9.84 Å². The van der Waals surface area contributed by atoms with Crippen molar-refractivity contribution in [1.29, 1.82) is 0 Å². The Balaban J connectivity index is 2.60. The number of ether oxygens (including phenoxy) is 1. The number of rotatable bonds is 9. The lowest BCUT2D eigenvalue weighted by atomic mass is 10.1. The zero-order valence-corrected chi connectivity index (χ0v) is 11.1. The molecule has 0 aliphatic rings. The molecule has 0 saturated carbocycles. The Hall–Kier alpha value is -1.48. The van der Waals surface area contributed by atoms with Gasteiger partial charge in [-0.05, 0) is 37.8 Å². The van der Waals surface area contributed by atoms with Crippen LogP contribution in [0.4, 0.5) is 5.69 Å². The van der Waals surface area contributed by atoms with Gasteiger partial charge in [-0.2, -0.15) is 0 Å². The summed E-state index contributed by atoms with van der Waals surface area (Å²) < 4.78 is 5.32. The van der Waals surface area contributed by atoms with Crippen LogP contribution >= 0.6 is 0 Å². The fourth-order valence-electron chi connectivity index (χ4n) is 1.94. The quantitative estimate of drug-likeness (QED) is 0.521. The molecule has 1 aromatic carbocycles. The highest BCUT2D eigenvalue weighted by molar-refractivity contribution is 5.56. The van der Waals surface area contributed by atoms with E-state index in [-0.39, 0.29) is 6.61 Å². The number of benzene rings is 1. The summed E-state index contributed by atoms with van der Waals surface area (Å²) in [4.78, 5) is 0. The second-order valence-corrected chi connectivity index (χ2v) is 4.29. The molecule has 0 saturated heterocycles. The van der Waals surface area contributed by atoms with Crippen molar-refractivity contribution in [3.05, 3.63) is 36.9 Å². The van der Waals surface area contributed by atoms with Crippen LogP contribution in [0.2, 0.25) is 0 Å². The van der Waals surface area contributed by atoms with Gasteiger partial charge in [0.2, 0.25) is 0 Å². The van der Waals surface area contributed by atoms with Crippen molar-refractivity contribution in [2.45, 2.75) is 31.7 Å². The number of aliphatic hydroxyl groups excluding tert-OH is 1. The zero-order chi connectivity index (χ0) is 13.2. The van der Waals surface area contributed by atoms with E-state index in [1.54, 1.807) is 7.11 Å². The fraction of sp³-hybridized carbons (Fsp3) is 0.467. The molecular weight excluding hydrogens is 226 g/mol. The summed E-state index contributed by atoms with van der Waals surface area (Å²) in [5, 5.41) is 12.3. The second-order valence-electron chi connectivity index (χ2n) is 4.29. The maximum atomic E-state index is 8.82. The number of hydrogen-bond donors (Lipinski definition) is 2. The van der Waals surface area contributed by atoms with Crippen molar-refractivity contribution in [2.75, 3.05) is 19.0 Å². The Kier molecular flexibility index (Phi) is 6.96. The van der Waals surface area contributed by atoms with Crippen LogP contribution in [0.1, 0.15) is 25.7 Å². The van der Waals surface area contributed by atoms with Gasteiger partial charge in [0.25, 0.3) is 0 Å². The molecule has 3 nitrogen and oxygen atoms in total. The molecule has 0 aliphatic carbocycles. The molecule has 100 valence electrons. The van der Waals surface area contributed by atoms with Gasteiger partial charge in [0.05, 0.1) is 12.8 Å². The summed E-state index contributed by atoms with van der Waals surface area (Å²) in [7, 11) is 1.68. The number of unbranched alkanes of at least 4 members (excludes halogenated alkanes) is 1. The highest BCUT2D eigenvalue weighted by Crippen LogP contribution is 2.25. The van der Waals surface area contributed by atoms with E-state index in [0.717, 1.165) is 37.1 Å². The predicted octanol–water partition coefficient (Wildman–Crippen LogP) is 3.21. The lowest BCUT2D eigenvalue weighted by Crippen LogP contribution is -2.19. The van der Waals surface area contributed by atoms with E-state index in [1.807, 2.05) is 30.3 Å². The molecule has 0 spiro atoms. The fourth-order valence-corrected chi connectivity index (χ4v) is 1.94. The van der Waals surface area contributed by atoms with E-state index in [0.29, 0.717) is 6.04 Å². The number of nitrogens with one attached hydrogen (secondary N) is 1. The van der Waals surface area contributed by atoms with Crippen LogP contribution in [-0.4, -0.2) is 24.9 Å². The van der Waals surface area contributed by atoms with Crippen molar-refractivity contribution in [2.24, 2.45) is 0 Å². The van der Waals surface area contributed by atoms with E-state index < -0.39 is 0 Å². The second kappa shape index (κ2) is 8.59. The van der Waals surface area contributed by atoms with Crippen LogP contribution in [0.3, 0.4) is 0 Å². The van der Waals surface area contributed by atoms with Gasteiger partial charge in [0.1, 0.15) is 5.75 Å².